The zero-order chi connectivity index (χ0) is 25.6. The highest BCUT2D eigenvalue weighted by atomic mass is 16.5. The smallest absolute Gasteiger partial charge is 0.253 e. The Bertz CT molecular complexity index is 1230. The summed E-state index contributed by atoms with van der Waals surface area (Å²) in [6, 6.07) is 15.5. The number of likely N-dealkylation sites (tertiary alicyclic amines) is 1. The monoisotopic (exact) mass is 501 g/mol. The van der Waals surface area contributed by atoms with Crippen molar-refractivity contribution in [3.63, 3.8) is 0 Å². The minimum absolute atomic E-state index is 0.0615. The second kappa shape index (κ2) is 11.7. The van der Waals surface area contributed by atoms with E-state index in [4.69, 9.17) is 4.52 Å². The largest absolute Gasteiger partial charge is 0.349 e. The Morgan fingerprint density at radius 3 is 2.70 bits per heavy atom. The Balaban J connectivity index is 1.19. The molecule has 2 heterocycles. The van der Waals surface area contributed by atoms with Crippen molar-refractivity contribution >= 4 is 17.5 Å². The van der Waals surface area contributed by atoms with Crippen molar-refractivity contribution in [2.75, 3.05) is 18.4 Å². The molecule has 37 heavy (non-hydrogen) atoms. The minimum Gasteiger partial charge on any atom is -0.349 e. The molecule has 2 aromatic carbocycles. The lowest BCUT2D eigenvalue weighted by Gasteiger charge is -2.31. The summed E-state index contributed by atoms with van der Waals surface area (Å²) in [5, 5.41) is 10.3. The summed E-state index contributed by atoms with van der Waals surface area (Å²) in [6.45, 7) is 4.00. The molecule has 194 valence electrons. The highest BCUT2D eigenvalue weighted by Gasteiger charge is 2.28. The molecule has 1 aliphatic heterocycles. The summed E-state index contributed by atoms with van der Waals surface area (Å²) in [6.07, 6.45) is 7.28. The lowest BCUT2D eigenvalue weighted by molar-refractivity contribution is -0.121. The van der Waals surface area contributed by atoms with E-state index in [9.17, 15) is 9.59 Å². The van der Waals surface area contributed by atoms with Crippen LogP contribution in [0, 0.1) is 12.8 Å². The first-order chi connectivity index (χ1) is 18.0. The Morgan fingerprint density at radius 1 is 1.03 bits per heavy atom. The van der Waals surface area contributed by atoms with Crippen LogP contribution in [0.15, 0.2) is 53.1 Å². The molecule has 2 aliphatic rings. The number of carbonyl (C=O) groups is 2. The van der Waals surface area contributed by atoms with Gasteiger partial charge in [-0.25, -0.2) is 0 Å². The number of benzene rings is 2. The van der Waals surface area contributed by atoms with Crippen LogP contribution >= 0.6 is 0 Å². The van der Waals surface area contributed by atoms with E-state index < -0.39 is 0 Å². The Kier molecular flexibility index (Phi) is 7.94. The summed E-state index contributed by atoms with van der Waals surface area (Å²) in [4.78, 5) is 33.0. The maximum atomic E-state index is 13.2. The first-order valence-corrected chi connectivity index (χ1v) is 13.4. The number of aryl methyl sites for hydroxylation is 1. The van der Waals surface area contributed by atoms with Gasteiger partial charge in [-0.3, -0.25) is 14.5 Å². The summed E-state index contributed by atoms with van der Waals surface area (Å²) < 4.78 is 5.51. The number of anilines is 1. The molecule has 3 aromatic rings. The van der Waals surface area contributed by atoms with Crippen molar-refractivity contribution in [3.8, 4) is 11.4 Å². The van der Waals surface area contributed by atoms with Gasteiger partial charge in [0.1, 0.15) is 0 Å². The topological polar surface area (TPSA) is 100 Å². The maximum absolute atomic E-state index is 13.2. The highest BCUT2D eigenvalue weighted by molar-refractivity contribution is 6.04. The van der Waals surface area contributed by atoms with Gasteiger partial charge in [0, 0.05) is 18.2 Å². The van der Waals surface area contributed by atoms with E-state index in [1.165, 1.54) is 6.42 Å². The zero-order valence-corrected chi connectivity index (χ0v) is 21.4. The van der Waals surface area contributed by atoms with E-state index in [1.807, 2.05) is 43.3 Å². The average molecular weight is 502 g/mol. The van der Waals surface area contributed by atoms with Crippen LogP contribution in [-0.4, -0.2) is 46.0 Å². The molecule has 1 aromatic heterocycles. The summed E-state index contributed by atoms with van der Waals surface area (Å²) >= 11 is 0. The number of aromatic nitrogens is 2. The Morgan fingerprint density at radius 2 is 1.86 bits per heavy atom. The molecule has 1 saturated heterocycles. The molecule has 2 amide bonds. The zero-order valence-electron chi connectivity index (χ0n) is 21.4. The van der Waals surface area contributed by atoms with Crippen LogP contribution in [0.25, 0.3) is 11.4 Å². The first-order valence-electron chi connectivity index (χ1n) is 13.4. The Hall–Kier alpha value is -3.52. The van der Waals surface area contributed by atoms with Crippen LogP contribution in [0.1, 0.15) is 66.8 Å². The fraction of sp³-hybridized carbons (Fsp3) is 0.448. The van der Waals surface area contributed by atoms with Gasteiger partial charge in [-0.2, -0.15) is 4.98 Å². The predicted molar refractivity (Wildman–Crippen MR) is 142 cm³/mol. The van der Waals surface area contributed by atoms with E-state index in [0.29, 0.717) is 36.1 Å². The second-order valence-corrected chi connectivity index (χ2v) is 10.3. The third kappa shape index (κ3) is 6.43. The quantitative estimate of drug-likeness (QED) is 0.475. The Labute approximate surface area is 217 Å². The van der Waals surface area contributed by atoms with Crippen molar-refractivity contribution in [2.45, 2.75) is 64.5 Å². The minimum atomic E-state index is -0.178. The van der Waals surface area contributed by atoms with E-state index in [2.05, 4.69) is 25.7 Å². The van der Waals surface area contributed by atoms with Gasteiger partial charge in [0.15, 0.2) is 0 Å². The number of piperidine rings is 1. The van der Waals surface area contributed by atoms with E-state index in [1.54, 1.807) is 12.1 Å². The normalized spacial score (nSPS) is 18.9. The molecule has 8 heteroatoms. The van der Waals surface area contributed by atoms with Crippen molar-refractivity contribution in [1.82, 2.24) is 20.4 Å². The summed E-state index contributed by atoms with van der Waals surface area (Å²) in [5.74, 6) is 0.764. The van der Waals surface area contributed by atoms with Gasteiger partial charge in [0.2, 0.25) is 17.6 Å². The maximum Gasteiger partial charge on any atom is 0.253 e. The number of nitrogens with zero attached hydrogens (tertiary/aromatic N) is 3. The molecule has 1 aliphatic carbocycles. The fourth-order valence-corrected chi connectivity index (χ4v) is 5.36. The standard InChI is InChI=1S/C29H35N5O3/c1-20-9-7-10-21(17-20)27-32-26(37-33-27)19-34-16-8-11-22(18-34)28(35)31-25-15-6-5-14-24(25)29(36)30-23-12-3-2-4-13-23/h5-7,9-10,14-15,17,22-23H,2-4,8,11-13,16,18-19H2,1H3,(H,30,36)(H,31,35). The third-order valence-corrected chi connectivity index (χ3v) is 7.35. The average Bonchev–Trinajstić information content (AvgIpc) is 3.38. The molecule has 1 saturated carbocycles. The number of hydrogen-bond acceptors (Lipinski definition) is 6. The van der Waals surface area contributed by atoms with Gasteiger partial charge in [-0.15, -0.1) is 0 Å². The molecule has 5 rings (SSSR count). The van der Waals surface area contributed by atoms with Crippen LogP contribution < -0.4 is 10.6 Å². The molecule has 2 N–H and O–H groups in total. The van der Waals surface area contributed by atoms with Crippen LogP contribution in [-0.2, 0) is 11.3 Å². The van der Waals surface area contributed by atoms with Crippen molar-refractivity contribution < 1.29 is 14.1 Å². The van der Waals surface area contributed by atoms with E-state index >= 15 is 0 Å². The predicted octanol–water partition coefficient (Wildman–Crippen LogP) is 4.96. The molecule has 0 spiro atoms. The van der Waals surface area contributed by atoms with Gasteiger partial charge >= 0.3 is 0 Å². The number of amides is 2. The van der Waals surface area contributed by atoms with Gasteiger partial charge in [0.05, 0.1) is 23.7 Å². The highest BCUT2D eigenvalue weighted by Crippen LogP contribution is 2.24. The molecule has 8 nitrogen and oxygen atoms in total. The number of para-hydroxylation sites is 1. The molecule has 0 radical (unpaired) electrons. The SMILES string of the molecule is Cc1cccc(-c2noc(CN3CCCC(C(=O)Nc4ccccc4C(=O)NC4CCCCC4)C3)n2)c1. The molecule has 0 bridgehead atoms. The van der Waals surface area contributed by atoms with Crippen LogP contribution in [0.2, 0.25) is 0 Å². The molecular formula is C29H35N5O3. The molecule has 2 fully saturated rings. The van der Waals surface area contributed by atoms with Crippen LogP contribution in [0.4, 0.5) is 5.69 Å². The second-order valence-electron chi connectivity index (χ2n) is 10.3. The third-order valence-electron chi connectivity index (χ3n) is 7.35. The number of rotatable bonds is 7. The van der Waals surface area contributed by atoms with Gasteiger partial charge < -0.3 is 15.2 Å². The molecule has 1 atom stereocenters. The van der Waals surface area contributed by atoms with E-state index in [-0.39, 0.29) is 23.8 Å². The fourth-order valence-electron chi connectivity index (χ4n) is 5.36. The number of hydrogen-bond donors (Lipinski definition) is 2. The van der Waals surface area contributed by atoms with Crippen molar-refractivity contribution in [1.29, 1.82) is 0 Å². The number of nitrogens with one attached hydrogen (secondary N) is 2. The summed E-state index contributed by atoms with van der Waals surface area (Å²) in [5.41, 5.74) is 3.15. The summed E-state index contributed by atoms with van der Waals surface area (Å²) in [7, 11) is 0. The van der Waals surface area contributed by atoms with E-state index in [0.717, 1.165) is 56.2 Å². The molecular weight excluding hydrogens is 466 g/mol. The van der Waals surface area contributed by atoms with Gasteiger partial charge in [-0.05, 0) is 57.4 Å². The van der Waals surface area contributed by atoms with Gasteiger partial charge in [0.25, 0.3) is 5.91 Å². The molecule has 1 unspecified atom stereocenters. The first kappa shape index (κ1) is 25.1. The van der Waals surface area contributed by atoms with Crippen LogP contribution in [0.3, 0.4) is 0 Å². The lowest BCUT2D eigenvalue weighted by atomic mass is 9.95. The lowest BCUT2D eigenvalue weighted by Crippen LogP contribution is -2.40. The van der Waals surface area contributed by atoms with Crippen molar-refractivity contribution in [2.24, 2.45) is 5.92 Å². The number of carbonyl (C=O) groups excluding carboxylic acids is 2. The van der Waals surface area contributed by atoms with Gasteiger partial charge in [-0.1, -0.05) is 60.3 Å². The van der Waals surface area contributed by atoms with Crippen LogP contribution in [0.5, 0.6) is 0 Å². The van der Waals surface area contributed by atoms with Crippen molar-refractivity contribution in [3.05, 3.63) is 65.5 Å².